The number of amides is 4. The lowest BCUT2D eigenvalue weighted by atomic mass is 10.3. The molecule has 0 aliphatic heterocycles. The zero-order valence-electron chi connectivity index (χ0n) is 18.2. The molecule has 0 radical (unpaired) electrons. The van der Waals surface area contributed by atoms with E-state index in [0.717, 1.165) is 9.79 Å². The van der Waals surface area contributed by atoms with Crippen LogP contribution in [-0.4, -0.2) is 12.1 Å². The lowest BCUT2D eigenvalue weighted by Gasteiger charge is -2.10. The van der Waals surface area contributed by atoms with Crippen LogP contribution in [0.25, 0.3) is 0 Å². The molecule has 0 bridgehead atoms. The molecule has 4 aromatic carbocycles. The third-order valence-electron chi connectivity index (χ3n) is 4.63. The summed E-state index contributed by atoms with van der Waals surface area (Å²) in [6.07, 6.45) is 0. The molecule has 0 unspecified atom stereocenters. The molecule has 0 aromatic heterocycles. The lowest BCUT2D eigenvalue weighted by Crippen LogP contribution is -2.19. The number of carbonyl (C=O) groups is 2. The van der Waals surface area contributed by atoms with E-state index in [-0.39, 0.29) is 12.1 Å². The van der Waals surface area contributed by atoms with Crippen molar-refractivity contribution in [2.45, 2.75) is 9.79 Å². The van der Waals surface area contributed by atoms with Gasteiger partial charge in [0.1, 0.15) is 0 Å². The van der Waals surface area contributed by atoms with Crippen molar-refractivity contribution in [3.63, 3.8) is 0 Å². The van der Waals surface area contributed by atoms with Crippen LogP contribution in [0.2, 0.25) is 10.0 Å². The molecule has 0 saturated carbocycles. The van der Waals surface area contributed by atoms with E-state index >= 15 is 0 Å². The van der Waals surface area contributed by atoms with Crippen LogP contribution in [0.5, 0.6) is 0 Å². The fourth-order valence-corrected chi connectivity index (χ4v) is 4.27. The molecule has 6 nitrogen and oxygen atoms in total. The number of anilines is 4. The molecule has 0 spiro atoms. The first-order valence-electron chi connectivity index (χ1n) is 10.5. The van der Waals surface area contributed by atoms with Gasteiger partial charge >= 0.3 is 12.1 Å². The monoisotopic (exact) mass is 522 g/mol. The van der Waals surface area contributed by atoms with E-state index in [2.05, 4.69) is 21.3 Å². The van der Waals surface area contributed by atoms with Crippen LogP contribution in [-0.2, 0) is 0 Å². The first kappa shape index (κ1) is 24.5. The maximum Gasteiger partial charge on any atom is 0.323 e. The van der Waals surface area contributed by atoms with Gasteiger partial charge in [0, 0.05) is 42.6 Å². The number of urea groups is 2. The summed E-state index contributed by atoms with van der Waals surface area (Å²) >= 11 is 13.4. The van der Waals surface area contributed by atoms with Gasteiger partial charge in [0.2, 0.25) is 0 Å². The predicted molar refractivity (Wildman–Crippen MR) is 145 cm³/mol. The van der Waals surface area contributed by atoms with Crippen molar-refractivity contribution < 1.29 is 9.59 Å². The second-order valence-electron chi connectivity index (χ2n) is 7.33. The standard InChI is InChI=1S/C26H20Cl2N4O2S/c27-17-3-1-5-21(15-17)31-25(33)29-19-7-11-23(12-8-19)35-24-13-9-20(10-14-24)30-26(34)32-22-6-2-4-18(28)16-22/h1-16H,(H2,29,31,33)(H2,30,32,34). The maximum atomic E-state index is 12.2. The molecule has 4 amide bonds. The van der Waals surface area contributed by atoms with E-state index in [1.54, 1.807) is 60.3 Å². The lowest BCUT2D eigenvalue weighted by molar-refractivity contribution is 0.261. The summed E-state index contributed by atoms with van der Waals surface area (Å²) < 4.78 is 0. The average molecular weight is 523 g/mol. The number of hydrogen-bond acceptors (Lipinski definition) is 3. The van der Waals surface area contributed by atoms with Crippen LogP contribution < -0.4 is 21.3 Å². The maximum absolute atomic E-state index is 12.2. The van der Waals surface area contributed by atoms with E-state index < -0.39 is 0 Å². The van der Waals surface area contributed by atoms with E-state index in [1.165, 1.54) is 0 Å². The molecule has 4 N–H and O–H groups in total. The topological polar surface area (TPSA) is 82.3 Å². The zero-order valence-corrected chi connectivity index (χ0v) is 20.5. The highest BCUT2D eigenvalue weighted by Crippen LogP contribution is 2.29. The summed E-state index contributed by atoms with van der Waals surface area (Å²) in [6.45, 7) is 0. The minimum Gasteiger partial charge on any atom is -0.308 e. The highest BCUT2D eigenvalue weighted by molar-refractivity contribution is 7.99. The van der Waals surface area contributed by atoms with E-state index in [4.69, 9.17) is 23.2 Å². The fraction of sp³-hybridized carbons (Fsp3) is 0. The predicted octanol–water partition coefficient (Wildman–Crippen LogP) is 8.43. The summed E-state index contributed by atoms with van der Waals surface area (Å²) in [4.78, 5) is 26.4. The molecule has 0 atom stereocenters. The summed E-state index contributed by atoms with van der Waals surface area (Å²) in [6, 6.07) is 28.2. The van der Waals surface area contributed by atoms with E-state index in [1.807, 2.05) is 48.5 Å². The van der Waals surface area contributed by atoms with Gasteiger partial charge in [-0.05, 0) is 84.9 Å². The summed E-state index contributed by atoms with van der Waals surface area (Å²) in [5.41, 5.74) is 2.56. The SMILES string of the molecule is O=C(Nc1ccc(Sc2ccc(NC(=O)Nc3cccc(Cl)c3)cc2)cc1)Nc1cccc(Cl)c1. The normalized spacial score (nSPS) is 10.3. The summed E-state index contributed by atoms with van der Waals surface area (Å²) in [5.74, 6) is 0. The third kappa shape index (κ3) is 7.68. The third-order valence-corrected chi connectivity index (χ3v) is 6.11. The molecule has 4 aromatic rings. The molecular formula is C26H20Cl2N4O2S. The Morgan fingerprint density at radius 3 is 1.26 bits per heavy atom. The van der Waals surface area contributed by atoms with Gasteiger partial charge < -0.3 is 21.3 Å². The Morgan fingerprint density at radius 1 is 0.514 bits per heavy atom. The number of benzene rings is 4. The Hall–Kier alpha value is -3.65. The molecule has 9 heteroatoms. The Balaban J connectivity index is 1.27. The molecule has 4 rings (SSSR count). The van der Waals surface area contributed by atoms with Gasteiger partial charge in [-0.15, -0.1) is 0 Å². The Bertz CT molecular complexity index is 1230. The van der Waals surface area contributed by atoms with Gasteiger partial charge in [0.25, 0.3) is 0 Å². The van der Waals surface area contributed by atoms with Crippen molar-refractivity contribution in [2.75, 3.05) is 21.3 Å². The fourth-order valence-electron chi connectivity index (χ4n) is 3.07. The smallest absolute Gasteiger partial charge is 0.308 e. The average Bonchev–Trinajstić information content (AvgIpc) is 2.81. The number of nitrogens with one attached hydrogen (secondary N) is 4. The van der Waals surface area contributed by atoms with Crippen LogP contribution in [0.15, 0.2) is 107 Å². The van der Waals surface area contributed by atoms with Crippen molar-refractivity contribution >= 4 is 69.8 Å². The summed E-state index contributed by atoms with van der Waals surface area (Å²) in [5, 5.41) is 12.2. The van der Waals surface area contributed by atoms with Crippen LogP contribution in [0, 0.1) is 0 Å². The number of carbonyl (C=O) groups excluding carboxylic acids is 2. The first-order chi connectivity index (χ1) is 16.9. The first-order valence-corrected chi connectivity index (χ1v) is 12.1. The molecule has 0 fully saturated rings. The van der Waals surface area contributed by atoms with Crippen molar-refractivity contribution in [3.8, 4) is 0 Å². The van der Waals surface area contributed by atoms with Crippen LogP contribution in [0.3, 0.4) is 0 Å². The molecule has 0 aliphatic carbocycles. The molecule has 0 heterocycles. The summed E-state index contributed by atoms with van der Waals surface area (Å²) in [7, 11) is 0. The van der Waals surface area contributed by atoms with E-state index in [0.29, 0.717) is 32.8 Å². The molecule has 0 saturated heterocycles. The quantitative estimate of drug-likeness (QED) is 0.205. The van der Waals surface area contributed by atoms with Gasteiger partial charge in [-0.25, -0.2) is 9.59 Å². The minimum absolute atomic E-state index is 0.352. The molecular weight excluding hydrogens is 503 g/mol. The van der Waals surface area contributed by atoms with Crippen molar-refractivity contribution in [1.29, 1.82) is 0 Å². The van der Waals surface area contributed by atoms with Gasteiger partial charge in [-0.2, -0.15) is 0 Å². The number of hydrogen-bond donors (Lipinski definition) is 4. The zero-order chi connectivity index (χ0) is 24.6. The number of rotatable bonds is 6. The Labute approximate surface area is 217 Å². The van der Waals surface area contributed by atoms with E-state index in [9.17, 15) is 9.59 Å². The molecule has 35 heavy (non-hydrogen) atoms. The van der Waals surface area contributed by atoms with Crippen molar-refractivity contribution in [1.82, 2.24) is 0 Å². The second-order valence-corrected chi connectivity index (χ2v) is 9.35. The van der Waals surface area contributed by atoms with Gasteiger partial charge in [-0.3, -0.25) is 0 Å². The highest BCUT2D eigenvalue weighted by Gasteiger charge is 2.06. The Morgan fingerprint density at radius 2 is 0.886 bits per heavy atom. The number of halogens is 2. The molecule has 176 valence electrons. The van der Waals surface area contributed by atoms with Gasteiger partial charge in [-0.1, -0.05) is 47.1 Å². The van der Waals surface area contributed by atoms with Crippen molar-refractivity contribution in [3.05, 3.63) is 107 Å². The highest BCUT2D eigenvalue weighted by atomic mass is 35.5. The Kier molecular flexibility index (Phi) is 8.15. The van der Waals surface area contributed by atoms with Crippen LogP contribution in [0.1, 0.15) is 0 Å². The van der Waals surface area contributed by atoms with Crippen LogP contribution in [0.4, 0.5) is 32.3 Å². The second kappa shape index (κ2) is 11.7. The minimum atomic E-state index is -0.352. The largest absolute Gasteiger partial charge is 0.323 e. The van der Waals surface area contributed by atoms with Crippen molar-refractivity contribution in [2.24, 2.45) is 0 Å². The van der Waals surface area contributed by atoms with Gasteiger partial charge in [0.05, 0.1) is 0 Å². The van der Waals surface area contributed by atoms with Gasteiger partial charge in [0.15, 0.2) is 0 Å². The van der Waals surface area contributed by atoms with Crippen LogP contribution >= 0.6 is 35.0 Å². The molecule has 0 aliphatic rings.